The molecule has 0 unspecified atom stereocenters. The molecular formula is C22H28N4O3. The van der Waals surface area contributed by atoms with Gasteiger partial charge in [0.05, 0.1) is 42.9 Å². The van der Waals surface area contributed by atoms with Gasteiger partial charge in [-0.1, -0.05) is 37.8 Å². The quantitative estimate of drug-likeness (QED) is 0.574. The lowest BCUT2D eigenvalue weighted by atomic mass is 9.76. The van der Waals surface area contributed by atoms with E-state index in [2.05, 4.69) is 9.97 Å². The lowest BCUT2D eigenvalue weighted by molar-refractivity contribution is -0.143. The Kier molecular flexibility index (Phi) is 4.65. The van der Waals surface area contributed by atoms with Gasteiger partial charge in [0.2, 0.25) is 11.8 Å². The predicted molar refractivity (Wildman–Crippen MR) is 105 cm³/mol. The van der Waals surface area contributed by atoms with Gasteiger partial charge in [-0.15, -0.1) is 0 Å². The van der Waals surface area contributed by atoms with E-state index in [1.165, 1.54) is 25.7 Å². The van der Waals surface area contributed by atoms with Gasteiger partial charge in [-0.3, -0.25) is 19.6 Å². The van der Waals surface area contributed by atoms with Crippen molar-refractivity contribution in [2.45, 2.75) is 62.8 Å². The summed E-state index contributed by atoms with van der Waals surface area (Å²) in [5.41, 5.74) is 0.109. The van der Waals surface area contributed by atoms with Gasteiger partial charge < -0.3 is 14.5 Å². The molecule has 3 aliphatic heterocycles. The molecule has 0 radical (unpaired) electrons. The number of ether oxygens (including phenoxy) is 1. The highest BCUT2D eigenvalue weighted by Gasteiger charge is 2.67. The number of nitrogens with zero attached hydrogens (tertiary/aromatic N) is 4. The van der Waals surface area contributed by atoms with Crippen molar-refractivity contribution in [3.05, 3.63) is 36.4 Å². The molecule has 4 aliphatic rings. The van der Waals surface area contributed by atoms with Crippen LogP contribution in [0.15, 0.2) is 30.7 Å². The third-order valence-corrected chi connectivity index (χ3v) is 7.07. The molecule has 2 bridgehead atoms. The molecule has 7 nitrogen and oxygen atoms in total. The molecule has 0 N–H and O–H groups in total. The third kappa shape index (κ3) is 3.06. The summed E-state index contributed by atoms with van der Waals surface area (Å²) in [5, 5.41) is 0. The summed E-state index contributed by atoms with van der Waals surface area (Å²) in [6, 6.07) is 0.286. The maximum Gasteiger partial charge on any atom is 0.230 e. The van der Waals surface area contributed by atoms with Crippen LogP contribution in [0.4, 0.5) is 0 Å². The van der Waals surface area contributed by atoms with Crippen LogP contribution in [-0.4, -0.2) is 62.9 Å². The van der Waals surface area contributed by atoms with E-state index in [-0.39, 0.29) is 24.0 Å². The number of carbonyl (C=O) groups is 2. The fourth-order valence-corrected chi connectivity index (χ4v) is 5.68. The first kappa shape index (κ1) is 18.7. The minimum atomic E-state index is -0.623. The van der Waals surface area contributed by atoms with Crippen molar-refractivity contribution in [1.82, 2.24) is 19.8 Å². The number of hydrogen-bond acceptors (Lipinski definition) is 5. The molecule has 7 heteroatoms. The van der Waals surface area contributed by atoms with Crippen LogP contribution in [0.2, 0.25) is 0 Å². The molecule has 154 valence electrons. The lowest BCUT2D eigenvalue weighted by Gasteiger charge is -2.30. The Hall–Kier alpha value is -2.28. The Morgan fingerprint density at radius 1 is 1.28 bits per heavy atom. The second kappa shape index (κ2) is 7.20. The van der Waals surface area contributed by atoms with E-state index in [1.54, 1.807) is 30.5 Å². The van der Waals surface area contributed by atoms with Gasteiger partial charge in [0.25, 0.3) is 0 Å². The molecule has 2 amide bonds. The zero-order chi connectivity index (χ0) is 20.0. The number of likely N-dealkylation sites (tertiary alicyclic amines) is 1. The number of hydrogen-bond donors (Lipinski definition) is 0. The van der Waals surface area contributed by atoms with Crippen molar-refractivity contribution < 1.29 is 14.3 Å². The molecule has 1 aliphatic carbocycles. The van der Waals surface area contributed by atoms with Crippen molar-refractivity contribution in [3.63, 3.8) is 0 Å². The van der Waals surface area contributed by atoms with E-state index in [0.717, 1.165) is 18.5 Å². The van der Waals surface area contributed by atoms with Crippen LogP contribution in [0.1, 0.15) is 44.2 Å². The molecule has 1 aromatic heterocycles. The van der Waals surface area contributed by atoms with Gasteiger partial charge in [0, 0.05) is 25.5 Å². The highest BCUT2D eigenvalue weighted by molar-refractivity contribution is 5.93. The molecular weight excluding hydrogens is 368 g/mol. The number of carbonyl (C=O) groups excluding carboxylic acids is 2. The standard InChI is InChI=1S/C22H28N4O3/c1-25(13-15-12-23-10-11-24-15)20(27)18-17-8-9-22(29-17)14-26(21(28)19(18)22)16-6-4-2-3-5-7-16/h8-12,16-19H,2-7,13-14H2,1H3/t17-,18-,19-,22-/m0/s1. The Balaban J connectivity index is 1.36. The molecule has 3 fully saturated rings. The van der Waals surface area contributed by atoms with E-state index in [9.17, 15) is 9.59 Å². The van der Waals surface area contributed by atoms with Gasteiger partial charge in [-0.05, 0) is 12.8 Å². The lowest BCUT2D eigenvalue weighted by Crippen LogP contribution is -2.45. The van der Waals surface area contributed by atoms with Crippen LogP contribution in [0.3, 0.4) is 0 Å². The molecule has 4 heterocycles. The molecule has 2 saturated heterocycles. The summed E-state index contributed by atoms with van der Waals surface area (Å²) in [6.45, 7) is 0.964. The molecule has 1 spiro atoms. The van der Waals surface area contributed by atoms with E-state index < -0.39 is 17.4 Å². The SMILES string of the molecule is CN(Cc1cnccn1)C(=O)[C@H]1[C@@H]2C=C[C@@]3(CN(C4CCCCCC4)C(=O)[C@H]13)O2. The van der Waals surface area contributed by atoms with Crippen molar-refractivity contribution in [2.24, 2.45) is 11.8 Å². The summed E-state index contributed by atoms with van der Waals surface area (Å²) in [5.74, 6) is -0.801. The van der Waals surface area contributed by atoms with Gasteiger partial charge in [0.15, 0.2) is 0 Å². The minimum absolute atomic E-state index is 0.0482. The second-order valence-corrected chi connectivity index (χ2v) is 8.90. The van der Waals surface area contributed by atoms with Crippen molar-refractivity contribution in [3.8, 4) is 0 Å². The van der Waals surface area contributed by atoms with E-state index in [1.807, 2.05) is 17.1 Å². The van der Waals surface area contributed by atoms with Crippen LogP contribution < -0.4 is 0 Å². The van der Waals surface area contributed by atoms with Crippen LogP contribution in [-0.2, 0) is 20.9 Å². The highest BCUT2D eigenvalue weighted by atomic mass is 16.5. The Morgan fingerprint density at radius 2 is 2.07 bits per heavy atom. The topological polar surface area (TPSA) is 75.6 Å². The molecule has 29 heavy (non-hydrogen) atoms. The summed E-state index contributed by atoms with van der Waals surface area (Å²) in [4.78, 5) is 38.9. The largest absolute Gasteiger partial charge is 0.360 e. The monoisotopic (exact) mass is 396 g/mol. The number of fused-ring (bicyclic) bond motifs is 1. The maximum atomic E-state index is 13.5. The summed E-state index contributed by atoms with van der Waals surface area (Å²) in [6.07, 6.45) is 15.6. The van der Waals surface area contributed by atoms with Crippen LogP contribution in [0.5, 0.6) is 0 Å². The zero-order valence-corrected chi connectivity index (χ0v) is 16.9. The fourth-order valence-electron chi connectivity index (χ4n) is 5.68. The number of rotatable bonds is 4. The van der Waals surface area contributed by atoms with Crippen molar-refractivity contribution in [1.29, 1.82) is 0 Å². The maximum absolute atomic E-state index is 13.5. The average Bonchev–Trinajstić information content (AvgIpc) is 3.28. The van der Waals surface area contributed by atoms with E-state index >= 15 is 0 Å². The minimum Gasteiger partial charge on any atom is -0.360 e. The number of amides is 2. The Morgan fingerprint density at radius 3 is 2.79 bits per heavy atom. The first-order chi connectivity index (χ1) is 14.1. The summed E-state index contributed by atoms with van der Waals surface area (Å²) in [7, 11) is 1.77. The van der Waals surface area contributed by atoms with Crippen molar-refractivity contribution in [2.75, 3.05) is 13.6 Å². The van der Waals surface area contributed by atoms with E-state index in [0.29, 0.717) is 13.1 Å². The normalized spacial score (nSPS) is 33.8. The molecule has 1 saturated carbocycles. The first-order valence-corrected chi connectivity index (χ1v) is 10.8. The van der Waals surface area contributed by atoms with Crippen LogP contribution in [0, 0.1) is 11.8 Å². The summed E-state index contributed by atoms with van der Waals surface area (Å²) < 4.78 is 6.29. The fraction of sp³-hybridized carbons (Fsp3) is 0.636. The average molecular weight is 396 g/mol. The van der Waals surface area contributed by atoms with Crippen LogP contribution in [0.25, 0.3) is 0 Å². The number of aromatic nitrogens is 2. The van der Waals surface area contributed by atoms with Gasteiger partial charge in [-0.25, -0.2) is 0 Å². The second-order valence-electron chi connectivity index (χ2n) is 8.90. The molecule has 5 rings (SSSR count). The van der Waals surface area contributed by atoms with Crippen molar-refractivity contribution >= 4 is 11.8 Å². The third-order valence-electron chi connectivity index (χ3n) is 7.07. The van der Waals surface area contributed by atoms with Gasteiger partial charge >= 0.3 is 0 Å². The van der Waals surface area contributed by atoms with Crippen LogP contribution >= 0.6 is 0 Å². The Labute approximate surface area is 171 Å². The zero-order valence-electron chi connectivity index (χ0n) is 16.9. The smallest absolute Gasteiger partial charge is 0.230 e. The summed E-state index contributed by atoms with van der Waals surface area (Å²) >= 11 is 0. The molecule has 4 atom stereocenters. The van der Waals surface area contributed by atoms with E-state index in [4.69, 9.17) is 4.74 Å². The van der Waals surface area contributed by atoms with Gasteiger partial charge in [0.1, 0.15) is 5.60 Å². The van der Waals surface area contributed by atoms with Gasteiger partial charge in [-0.2, -0.15) is 0 Å². The molecule has 0 aromatic carbocycles. The Bertz CT molecular complexity index is 821. The molecule has 1 aromatic rings. The highest BCUT2D eigenvalue weighted by Crippen LogP contribution is 2.53. The first-order valence-electron chi connectivity index (χ1n) is 10.8. The predicted octanol–water partition coefficient (Wildman–Crippen LogP) is 1.94.